The highest BCUT2D eigenvalue weighted by atomic mass is 32.2. The zero-order chi connectivity index (χ0) is 17.6. The Morgan fingerprint density at radius 3 is 2.54 bits per heavy atom. The second-order valence-electron chi connectivity index (χ2n) is 5.85. The Labute approximate surface area is 143 Å². The number of imidazole rings is 1. The maximum Gasteiger partial charge on any atom is 0.246 e. The summed E-state index contributed by atoms with van der Waals surface area (Å²) in [4.78, 5) is 12.0. The van der Waals surface area contributed by atoms with Crippen molar-refractivity contribution in [3.63, 3.8) is 0 Å². The summed E-state index contributed by atoms with van der Waals surface area (Å²) in [5, 5.41) is -0.103. The van der Waals surface area contributed by atoms with Crippen LogP contribution in [0.4, 0.5) is 0 Å². The molecule has 0 radical (unpaired) electrons. The van der Waals surface area contributed by atoms with Crippen molar-refractivity contribution in [2.75, 3.05) is 19.5 Å². The summed E-state index contributed by atoms with van der Waals surface area (Å²) in [6.45, 7) is 4.73. The van der Waals surface area contributed by atoms with Crippen molar-refractivity contribution >= 4 is 9.84 Å². The maximum absolute atomic E-state index is 12.3. The summed E-state index contributed by atoms with van der Waals surface area (Å²) < 4.78 is 31.8. The highest BCUT2D eigenvalue weighted by Crippen LogP contribution is 2.23. The molecule has 0 aromatic carbocycles. The van der Waals surface area contributed by atoms with Crippen LogP contribution in [0.15, 0.2) is 36.0 Å². The second kappa shape index (κ2) is 8.34. The van der Waals surface area contributed by atoms with Crippen molar-refractivity contribution in [1.82, 2.24) is 19.5 Å². The summed E-state index contributed by atoms with van der Waals surface area (Å²) in [5.74, 6) is 1.15. The molecule has 8 heteroatoms. The third-order valence-corrected chi connectivity index (χ3v) is 5.74. The van der Waals surface area contributed by atoms with Gasteiger partial charge in [0.2, 0.25) is 15.0 Å². The summed E-state index contributed by atoms with van der Waals surface area (Å²) >= 11 is 0. The van der Waals surface area contributed by atoms with E-state index in [1.54, 1.807) is 19.4 Å². The first-order valence-corrected chi connectivity index (χ1v) is 9.61. The molecule has 7 nitrogen and oxygen atoms in total. The van der Waals surface area contributed by atoms with Crippen molar-refractivity contribution in [2.24, 2.45) is 5.92 Å². The molecule has 0 bridgehead atoms. The van der Waals surface area contributed by atoms with Gasteiger partial charge < -0.3 is 9.30 Å². The van der Waals surface area contributed by atoms with Gasteiger partial charge >= 0.3 is 0 Å². The zero-order valence-corrected chi connectivity index (χ0v) is 15.1. The molecule has 2 aromatic rings. The van der Waals surface area contributed by atoms with Gasteiger partial charge in [0.1, 0.15) is 5.82 Å². The maximum atomic E-state index is 12.3. The number of ether oxygens (including phenoxy) is 1. The van der Waals surface area contributed by atoms with E-state index in [0.717, 1.165) is 12.2 Å². The van der Waals surface area contributed by atoms with Crippen molar-refractivity contribution in [3.05, 3.63) is 36.7 Å². The normalized spacial score (nSPS) is 14.5. The highest BCUT2D eigenvalue weighted by molar-refractivity contribution is 7.91. The van der Waals surface area contributed by atoms with Crippen LogP contribution in [0.25, 0.3) is 0 Å². The lowest BCUT2D eigenvalue weighted by molar-refractivity contribution is 0.198. The topological polar surface area (TPSA) is 87.0 Å². The number of hydrogen-bond acceptors (Lipinski definition) is 6. The minimum absolute atomic E-state index is 0.0324. The van der Waals surface area contributed by atoms with Gasteiger partial charge in [0.25, 0.3) is 0 Å². The number of methoxy groups -OCH3 is 1. The van der Waals surface area contributed by atoms with Gasteiger partial charge in [0.05, 0.1) is 12.4 Å². The summed E-state index contributed by atoms with van der Waals surface area (Å²) in [7, 11) is -1.79. The lowest BCUT2D eigenvalue weighted by atomic mass is 10.0. The molecule has 0 aliphatic heterocycles. The molecule has 0 saturated carbocycles. The molecule has 0 aliphatic carbocycles. The van der Waals surface area contributed by atoms with E-state index in [-0.39, 0.29) is 22.9 Å². The fraction of sp³-hybridized carbons (Fsp3) is 0.562. The number of nitrogens with zero attached hydrogens (tertiary/aromatic N) is 4. The molecule has 2 atom stereocenters. The Kier molecular flexibility index (Phi) is 6.44. The van der Waals surface area contributed by atoms with Crippen LogP contribution in [-0.4, -0.2) is 47.4 Å². The average molecular weight is 352 g/mol. The third-order valence-electron chi connectivity index (χ3n) is 4.20. The van der Waals surface area contributed by atoms with Crippen molar-refractivity contribution in [3.8, 4) is 0 Å². The van der Waals surface area contributed by atoms with Gasteiger partial charge in [0, 0.05) is 44.4 Å². The monoisotopic (exact) mass is 352 g/mol. The second-order valence-corrected chi connectivity index (χ2v) is 7.85. The first-order valence-electron chi connectivity index (χ1n) is 7.96. The number of rotatable bonds is 9. The van der Waals surface area contributed by atoms with Gasteiger partial charge in [-0.15, -0.1) is 0 Å². The van der Waals surface area contributed by atoms with Crippen molar-refractivity contribution < 1.29 is 13.2 Å². The van der Waals surface area contributed by atoms with Crippen LogP contribution in [-0.2, 0) is 21.0 Å². The van der Waals surface area contributed by atoms with E-state index in [9.17, 15) is 8.42 Å². The Morgan fingerprint density at radius 2 is 1.88 bits per heavy atom. The first-order chi connectivity index (χ1) is 11.5. The highest BCUT2D eigenvalue weighted by Gasteiger charge is 2.22. The van der Waals surface area contributed by atoms with E-state index >= 15 is 0 Å². The molecular formula is C16H24N4O3S. The van der Waals surface area contributed by atoms with Gasteiger partial charge in [-0.05, 0) is 25.3 Å². The van der Waals surface area contributed by atoms with Gasteiger partial charge in [-0.2, -0.15) is 0 Å². The molecule has 2 rings (SSSR count). The molecule has 0 amide bonds. The minimum Gasteiger partial charge on any atom is -0.384 e. The molecule has 0 N–H and O–H groups in total. The van der Waals surface area contributed by atoms with Crippen LogP contribution >= 0.6 is 0 Å². The zero-order valence-electron chi connectivity index (χ0n) is 14.3. The minimum atomic E-state index is -3.45. The summed E-state index contributed by atoms with van der Waals surface area (Å²) in [5.41, 5.74) is 0. The molecule has 2 heterocycles. The van der Waals surface area contributed by atoms with E-state index in [1.165, 1.54) is 12.4 Å². The SMILES string of the molecule is COCCc1nccn1C(C)C(C)CCS(=O)(=O)c1ncccn1. The van der Waals surface area contributed by atoms with E-state index in [0.29, 0.717) is 13.0 Å². The summed E-state index contributed by atoms with van der Waals surface area (Å²) in [6, 6.07) is 1.75. The number of aromatic nitrogens is 4. The Hall–Kier alpha value is -1.80. The molecule has 0 saturated heterocycles. The summed E-state index contributed by atoms with van der Waals surface area (Å²) in [6.07, 6.45) is 7.85. The number of hydrogen-bond donors (Lipinski definition) is 0. The molecule has 2 aromatic heterocycles. The first kappa shape index (κ1) is 18.5. The molecule has 0 spiro atoms. The predicted octanol–water partition coefficient (Wildman–Crippen LogP) is 1.92. The van der Waals surface area contributed by atoms with E-state index in [2.05, 4.69) is 26.4 Å². The van der Waals surface area contributed by atoms with Crippen LogP contribution in [0.5, 0.6) is 0 Å². The quantitative estimate of drug-likeness (QED) is 0.641. The standard InChI is InChI=1S/C16H24N4O3S/c1-13(6-12-24(21,22)16-18-7-4-8-19-16)14(2)20-10-9-17-15(20)5-11-23-3/h4,7-10,13-14H,5-6,11-12H2,1-3H3. The Bertz CT molecular complexity index is 731. The van der Waals surface area contributed by atoms with Crippen molar-refractivity contribution in [1.29, 1.82) is 0 Å². The largest absolute Gasteiger partial charge is 0.384 e. The smallest absolute Gasteiger partial charge is 0.246 e. The fourth-order valence-corrected chi connectivity index (χ4v) is 3.80. The lowest BCUT2D eigenvalue weighted by Gasteiger charge is -2.23. The van der Waals surface area contributed by atoms with Gasteiger partial charge in [0.15, 0.2) is 0 Å². The Balaban J connectivity index is 1.99. The van der Waals surface area contributed by atoms with Gasteiger partial charge in [-0.1, -0.05) is 6.92 Å². The lowest BCUT2D eigenvalue weighted by Crippen LogP contribution is -2.20. The number of sulfone groups is 1. The van der Waals surface area contributed by atoms with E-state index in [4.69, 9.17) is 4.74 Å². The molecular weight excluding hydrogens is 328 g/mol. The molecule has 0 aliphatic rings. The average Bonchev–Trinajstić information content (AvgIpc) is 3.06. The third kappa shape index (κ3) is 4.61. The predicted molar refractivity (Wildman–Crippen MR) is 90.4 cm³/mol. The Morgan fingerprint density at radius 1 is 1.17 bits per heavy atom. The van der Waals surface area contributed by atoms with E-state index in [1.807, 2.05) is 13.1 Å². The molecule has 132 valence electrons. The van der Waals surface area contributed by atoms with Crippen LogP contribution in [0.2, 0.25) is 0 Å². The van der Waals surface area contributed by atoms with Crippen LogP contribution < -0.4 is 0 Å². The molecule has 24 heavy (non-hydrogen) atoms. The molecule has 2 unspecified atom stereocenters. The van der Waals surface area contributed by atoms with Gasteiger partial charge in [-0.3, -0.25) is 0 Å². The fourth-order valence-electron chi connectivity index (χ4n) is 2.50. The van der Waals surface area contributed by atoms with Crippen LogP contribution in [0.1, 0.15) is 32.1 Å². The van der Waals surface area contributed by atoms with Crippen LogP contribution in [0, 0.1) is 5.92 Å². The molecule has 0 fully saturated rings. The van der Waals surface area contributed by atoms with Gasteiger partial charge in [-0.25, -0.2) is 23.4 Å². The van der Waals surface area contributed by atoms with Crippen molar-refractivity contribution in [2.45, 2.75) is 37.9 Å². The van der Waals surface area contributed by atoms with Crippen LogP contribution in [0.3, 0.4) is 0 Å². The van der Waals surface area contributed by atoms with E-state index < -0.39 is 9.84 Å².